The average molecular weight is 450 g/mol. The number of pyridine rings is 1. The van der Waals surface area contributed by atoms with Crippen molar-refractivity contribution < 1.29 is 4.79 Å². The van der Waals surface area contributed by atoms with Gasteiger partial charge in [0.2, 0.25) is 5.91 Å². The summed E-state index contributed by atoms with van der Waals surface area (Å²) in [6.45, 7) is 6.21. The van der Waals surface area contributed by atoms with Crippen molar-refractivity contribution in [3.8, 4) is 0 Å². The predicted molar refractivity (Wildman–Crippen MR) is 133 cm³/mol. The molecule has 2 fully saturated rings. The number of hydrogen-bond acceptors (Lipinski definition) is 5. The number of aryl methyl sites for hydroxylation is 1. The van der Waals surface area contributed by atoms with Crippen LogP contribution in [0.4, 0.5) is 11.5 Å². The SMILES string of the molecule is CN=C(NCc1cccnc1N1CCCC(C(N)=O)C1)NC1CCN(c2ccc(C)cc2)C1. The maximum Gasteiger partial charge on any atom is 0.222 e. The van der Waals surface area contributed by atoms with Gasteiger partial charge in [0, 0.05) is 63.3 Å². The normalized spacial score (nSPS) is 21.2. The number of piperidine rings is 1. The number of nitrogens with one attached hydrogen (secondary N) is 2. The molecule has 0 aliphatic carbocycles. The summed E-state index contributed by atoms with van der Waals surface area (Å²) in [6.07, 6.45) is 4.66. The van der Waals surface area contributed by atoms with Crippen LogP contribution in [0.5, 0.6) is 0 Å². The lowest BCUT2D eigenvalue weighted by Gasteiger charge is -2.33. The van der Waals surface area contributed by atoms with E-state index in [-0.39, 0.29) is 11.8 Å². The van der Waals surface area contributed by atoms with Crippen LogP contribution in [0.2, 0.25) is 0 Å². The molecule has 4 N–H and O–H groups in total. The summed E-state index contributed by atoms with van der Waals surface area (Å²) in [5.41, 5.74) is 9.20. The molecule has 0 radical (unpaired) electrons. The van der Waals surface area contributed by atoms with Crippen LogP contribution in [0.25, 0.3) is 0 Å². The van der Waals surface area contributed by atoms with E-state index in [4.69, 9.17) is 5.73 Å². The molecule has 4 rings (SSSR count). The minimum absolute atomic E-state index is 0.116. The number of anilines is 2. The monoisotopic (exact) mass is 449 g/mol. The van der Waals surface area contributed by atoms with Crippen molar-refractivity contribution >= 4 is 23.4 Å². The smallest absolute Gasteiger partial charge is 0.222 e. The predicted octanol–water partition coefficient (Wildman–Crippen LogP) is 2.04. The van der Waals surface area contributed by atoms with Gasteiger partial charge in [-0.2, -0.15) is 0 Å². The van der Waals surface area contributed by atoms with E-state index in [0.29, 0.717) is 19.1 Å². The Hall–Kier alpha value is -3.29. The fraction of sp³-hybridized carbons (Fsp3) is 0.480. The highest BCUT2D eigenvalue weighted by atomic mass is 16.1. The quantitative estimate of drug-likeness (QED) is 0.461. The van der Waals surface area contributed by atoms with Gasteiger partial charge in [0.15, 0.2) is 5.96 Å². The summed E-state index contributed by atoms with van der Waals surface area (Å²) in [4.78, 5) is 25.3. The van der Waals surface area contributed by atoms with Gasteiger partial charge in [-0.15, -0.1) is 0 Å². The Kier molecular flexibility index (Phi) is 7.32. The van der Waals surface area contributed by atoms with Gasteiger partial charge in [-0.25, -0.2) is 4.98 Å². The highest BCUT2D eigenvalue weighted by Crippen LogP contribution is 2.24. The molecule has 1 aromatic heterocycles. The third kappa shape index (κ3) is 5.74. The van der Waals surface area contributed by atoms with Crippen LogP contribution >= 0.6 is 0 Å². The summed E-state index contributed by atoms with van der Waals surface area (Å²) in [5.74, 6) is 1.36. The van der Waals surface area contributed by atoms with E-state index in [1.165, 1.54) is 11.3 Å². The van der Waals surface area contributed by atoms with E-state index in [1.807, 2.05) is 6.07 Å². The zero-order valence-electron chi connectivity index (χ0n) is 19.6. The number of aromatic nitrogens is 1. The average Bonchev–Trinajstić information content (AvgIpc) is 3.31. The van der Waals surface area contributed by atoms with Crippen molar-refractivity contribution in [2.75, 3.05) is 43.0 Å². The molecule has 2 unspecified atom stereocenters. The summed E-state index contributed by atoms with van der Waals surface area (Å²) >= 11 is 0. The largest absolute Gasteiger partial charge is 0.369 e. The van der Waals surface area contributed by atoms with E-state index in [9.17, 15) is 4.79 Å². The maximum absolute atomic E-state index is 11.7. The molecule has 2 aliphatic heterocycles. The number of carbonyl (C=O) groups excluding carboxylic acids is 1. The van der Waals surface area contributed by atoms with Crippen LogP contribution in [0, 0.1) is 12.8 Å². The molecule has 0 saturated carbocycles. The number of primary amides is 1. The first-order valence-corrected chi connectivity index (χ1v) is 11.8. The van der Waals surface area contributed by atoms with E-state index >= 15 is 0 Å². The van der Waals surface area contributed by atoms with Gasteiger partial charge in [-0.1, -0.05) is 23.8 Å². The molecule has 1 amide bonds. The van der Waals surface area contributed by atoms with E-state index < -0.39 is 0 Å². The lowest BCUT2D eigenvalue weighted by molar-refractivity contribution is -0.122. The minimum atomic E-state index is -0.226. The molecule has 2 aromatic rings. The zero-order valence-corrected chi connectivity index (χ0v) is 19.6. The number of carbonyl (C=O) groups is 1. The molecule has 176 valence electrons. The molecule has 2 saturated heterocycles. The van der Waals surface area contributed by atoms with Crippen LogP contribution < -0.4 is 26.2 Å². The number of nitrogens with two attached hydrogens (primary N) is 1. The summed E-state index contributed by atoms with van der Waals surface area (Å²) in [5, 5.41) is 7.02. The van der Waals surface area contributed by atoms with Gasteiger partial charge in [-0.3, -0.25) is 9.79 Å². The van der Waals surface area contributed by atoms with Crippen molar-refractivity contribution in [1.82, 2.24) is 15.6 Å². The van der Waals surface area contributed by atoms with Crippen molar-refractivity contribution in [3.63, 3.8) is 0 Å². The number of guanidine groups is 1. The van der Waals surface area contributed by atoms with Crippen molar-refractivity contribution in [2.24, 2.45) is 16.6 Å². The van der Waals surface area contributed by atoms with Gasteiger partial charge >= 0.3 is 0 Å². The van der Waals surface area contributed by atoms with Gasteiger partial charge < -0.3 is 26.2 Å². The topological polar surface area (TPSA) is 98.9 Å². The third-order valence-electron chi connectivity index (χ3n) is 6.59. The fourth-order valence-electron chi connectivity index (χ4n) is 4.69. The lowest BCUT2D eigenvalue weighted by Crippen LogP contribution is -2.45. The Morgan fingerprint density at radius 3 is 2.73 bits per heavy atom. The highest BCUT2D eigenvalue weighted by Gasteiger charge is 2.26. The van der Waals surface area contributed by atoms with Crippen molar-refractivity contribution in [1.29, 1.82) is 0 Å². The number of benzene rings is 1. The van der Waals surface area contributed by atoms with Crippen LogP contribution in [0.3, 0.4) is 0 Å². The first kappa shape index (κ1) is 22.9. The Morgan fingerprint density at radius 1 is 1.15 bits per heavy atom. The Morgan fingerprint density at radius 2 is 1.97 bits per heavy atom. The Bertz CT molecular complexity index is 975. The first-order chi connectivity index (χ1) is 16.0. The molecule has 8 nitrogen and oxygen atoms in total. The number of hydrogen-bond donors (Lipinski definition) is 3. The van der Waals surface area contributed by atoms with Gasteiger partial charge in [0.25, 0.3) is 0 Å². The molecule has 1 aromatic carbocycles. The first-order valence-electron chi connectivity index (χ1n) is 11.8. The second kappa shape index (κ2) is 10.6. The summed E-state index contributed by atoms with van der Waals surface area (Å²) < 4.78 is 0. The van der Waals surface area contributed by atoms with Crippen LogP contribution in [0.15, 0.2) is 47.6 Å². The van der Waals surface area contributed by atoms with Crippen molar-refractivity contribution in [3.05, 3.63) is 53.7 Å². The van der Waals surface area contributed by atoms with E-state index in [0.717, 1.165) is 56.2 Å². The van der Waals surface area contributed by atoms with E-state index in [2.05, 4.69) is 67.7 Å². The second-order valence-electron chi connectivity index (χ2n) is 9.01. The number of rotatable bonds is 6. The van der Waals surface area contributed by atoms with Crippen molar-refractivity contribution in [2.45, 2.75) is 38.8 Å². The van der Waals surface area contributed by atoms with Crippen LogP contribution in [-0.2, 0) is 11.3 Å². The standard InChI is InChI=1S/C25H35N7O/c1-18-7-9-22(10-8-18)31-14-11-21(17-31)30-25(27-2)29-15-19-5-3-12-28-24(19)32-13-4-6-20(16-32)23(26)33/h3,5,7-10,12,20-21H,4,6,11,13-17H2,1-2H3,(H2,26,33)(H2,27,29,30). The minimum Gasteiger partial charge on any atom is -0.369 e. The maximum atomic E-state index is 11.7. The molecule has 2 aliphatic rings. The molecule has 0 spiro atoms. The number of nitrogens with zero attached hydrogens (tertiary/aromatic N) is 4. The fourth-order valence-corrected chi connectivity index (χ4v) is 4.69. The van der Waals surface area contributed by atoms with Crippen LogP contribution in [0.1, 0.15) is 30.4 Å². The van der Waals surface area contributed by atoms with Gasteiger partial charge in [0.1, 0.15) is 5.82 Å². The van der Waals surface area contributed by atoms with Crippen LogP contribution in [-0.4, -0.2) is 56.1 Å². The van der Waals surface area contributed by atoms with Gasteiger partial charge in [0.05, 0.1) is 5.92 Å². The molecular formula is C25H35N7O. The molecule has 33 heavy (non-hydrogen) atoms. The summed E-state index contributed by atoms with van der Waals surface area (Å²) in [6, 6.07) is 13.1. The van der Waals surface area contributed by atoms with E-state index in [1.54, 1.807) is 13.2 Å². The summed E-state index contributed by atoms with van der Waals surface area (Å²) in [7, 11) is 1.80. The second-order valence-corrected chi connectivity index (χ2v) is 9.01. The molecular weight excluding hydrogens is 414 g/mol. The Labute approximate surface area is 196 Å². The highest BCUT2D eigenvalue weighted by molar-refractivity contribution is 5.80. The molecule has 8 heteroatoms. The zero-order chi connectivity index (χ0) is 23.2. The molecule has 3 heterocycles. The lowest BCUT2D eigenvalue weighted by atomic mass is 9.97. The molecule has 0 bridgehead atoms. The molecule has 2 atom stereocenters. The van der Waals surface area contributed by atoms with Gasteiger partial charge in [-0.05, 0) is 44.4 Å². The number of amides is 1. The Balaban J connectivity index is 1.34. The third-order valence-corrected chi connectivity index (χ3v) is 6.59. The number of aliphatic imine (C=N–C) groups is 1.